The van der Waals surface area contributed by atoms with Crippen LogP contribution >= 0.6 is 0 Å². The zero-order chi connectivity index (χ0) is 21.1. The molecule has 6 nitrogen and oxygen atoms in total. The number of nitrogens with zero attached hydrogens (tertiary/aromatic N) is 1. The summed E-state index contributed by atoms with van der Waals surface area (Å²) < 4.78 is 66.6. The van der Waals surface area contributed by atoms with Crippen molar-refractivity contribution in [2.24, 2.45) is 5.41 Å². The molecule has 0 saturated heterocycles. The van der Waals surface area contributed by atoms with Gasteiger partial charge in [-0.15, -0.1) is 0 Å². The topological polar surface area (TPSA) is 88.2 Å². The van der Waals surface area contributed by atoms with E-state index in [0.717, 1.165) is 5.56 Å². The van der Waals surface area contributed by atoms with Crippen LogP contribution in [0, 0.1) is 12.3 Å². The maximum absolute atomic E-state index is 13.0. The van der Waals surface area contributed by atoms with Gasteiger partial charge in [0.15, 0.2) is 0 Å². The van der Waals surface area contributed by atoms with E-state index in [9.17, 15) is 26.4 Å². The maximum Gasteiger partial charge on any atom is 0.394 e. The summed E-state index contributed by atoms with van der Waals surface area (Å²) in [7, 11) is -3.96. The predicted molar refractivity (Wildman–Crippen MR) is 98.8 cm³/mol. The molecule has 2 bridgehead atoms. The predicted octanol–water partition coefficient (Wildman–Crippen LogP) is 3.41. The van der Waals surface area contributed by atoms with Gasteiger partial charge in [0.1, 0.15) is 0 Å². The lowest BCUT2D eigenvalue weighted by Crippen LogP contribution is -2.78. The molecule has 154 valence electrons. The molecule has 0 spiro atoms. The minimum Gasteiger partial charge on any atom is -0.346 e. The molecule has 2 N–H and O–H groups in total. The molecular weight excluding hydrogens is 407 g/mol. The molecule has 2 aromatic rings. The van der Waals surface area contributed by atoms with Crippen molar-refractivity contribution in [1.29, 1.82) is 0 Å². The Balaban J connectivity index is 1.55. The van der Waals surface area contributed by atoms with Crippen LogP contribution in [0.1, 0.15) is 35.2 Å². The highest BCUT2D eigenvalue weighted by atomic mass is 32.2. The van der Waals surface area contributed by atoms with E-state index in [1.54, 1.807) is 13.0 Å². The second-order valence-corrected chi connectivity index (χ2v) is 9.56. The molecule has 3 aliphatic rings. The van der Waals surface area contributed by atoms with Crippen LogP contribution < -0.4 is 10.0 Å². The first-order valence-electron chi connectivity index (χ1n) is 8.88. The first kappa shape index (κ1) is 19.7. The van der Waals surface area contributed by atoms with Crippen molar-refractivity contribution in [2.45, 2.75) is 42.8 Å². The summed E-state index contributed by atoms with van der Waals surface area (Å²) in [6, 6.07) is 7.23. The average molecular weight is 425 g/mol. The van der Waals surface area contributed by atoms with Crippen molar-refractivity contribution < 1.29 is 26.4 Å². The number of carbonyl (C=O) groups excluding carboxylic acids is 1. The van der Waals surface area contributed by atoms with Crippen molar-refractivity contribution in [3.8, 4) is 0 Å². The Labute approximate surface area is 165 Å². The molecule has 3 aliphatic carbocycles. The SMILES string of the molecule is Cc1ccc(C(=O)NC23CC(C(F)(F)F)(C2)C3)c(NS(=O)(=O)c2ccncc2)c1. The molecule has 0 radical (unpaired) electrons. The fourth-order valence-corrected chi connectivity index (χ4v) is 5.25. The third-order valence-electron chi connectivity index (χ3n) is 5.63. The van der Waals surface area contributed by atoms with Crippen LogP contribution in [0.3, 0.4) is 0 Å². The number of benzene rings is 1. The number of pyridine rings is 1. The Morgan fingerprint density at radius 2 is 1.72 bits per heavy atom. The standard InChI is InChI=1S/C19H18F3N3O3S/c1-12-2-3-14(15(8-12)25-29(27,28)13-4-6-23-7-5-13)16(26)24-18-9-17(10-18,11-18)19(20,21)22/h2-8,25H,9-11H2,1H3,(H,24,26). The summed E-state index contributed by atoms with van der Waals surface area (Å²) in [6.45, 7) is 1.74. The van der Waals surface area contributed by atoms with Crippen molar-refractivity contribution in [2.75, 3.05) is 4.72 Å². The van der Waals surface area contributed by atoms with E-state index >= 15 is 0 Å². The van der Waals surface area contributed by atoms with E-state index in [-0.39, 0.29) is 35.4 Å². The highest BCUT2D eigenvalue weighted by Crippen LogP contribution is 2.73. The summed E-state index contributed by atoms with van der Waals surface area (Å²) in [5, 5.41) is 2.67. The Hall–Kier alpha value is -2.62. The van der Waals surface area contributed by atoms with Crippen LogP contribution in [0.25, 0.3) is 0 Å². The van der Waals surface area contributed by atoms with Gasteiger partial charge in [0.2, 0.25) is 0 Å². The van der Waals surface area contributed by atoms with Gasteiger partial charge >= 0.3 is 6.18 Å². The number of rotatable bonds is 5. The maximum atomic E-state index is 13.0. The number of halogens is 3. The van der Waals surface area contributed by atoms with Gasteiger partial charge in [-0.05, 0) is 56.0 Å². The molecule has 0 atom stereocenters. The van der Waals surface area contributed by atoms with Crippen LogP contribution in [0.2, 0.25) is 0 Å². The van der Waals surface area contributed by atoms with E-state index < -0.39 is 33.1 Å². The highest BCUT2D eigenvalue weighted by Gasteiger charge is 2.79. The molecule has 10 heteroatoms. The van der Waals surface area contributed by atoms with E-state index in [1.807, 2.05) is 0 Å². The summed E-state index contributed by atoms with van der Waals surface area (Å²) in [4.78, 5) is 16.5. The van der Waals surface area contributed by atoms with Crippen LogP contribution in [0.15, 0.2) is 47.6 Å². The number of hydrogen-bond donors (Lipinski definition) is 2. The molecule has 5 rings (SSSR count). The largest absolute Gasteiger partial charge is 0.394 e. The second-order valence-electron chi connectivity index (χ2n) is 7.88. The van der Waals surface area contributed by atoms with Gasteiger partial charge in [-0.25, -0.2) is 8.42 Å². The lowest BCUT2D eigenvalue weighted by molar-refractivity contribution is -0.336. The van der Waals surface area contributed by atoms with Gasteiger partial charge < -0.3 is 5.32 Å². The van der Waals surface area contributed by atoms with Crippen LogP contribution in [-0.4, -0.2) is 31.0 Å². The number of amides is 1. The van der Waals surface area contributed by atoms with E-state index in [1.165, 1.54) is 36.7 Å². The monoisotopic (exact) mass is 425 g/mol. The zero-order valence-corrected chi connectivity index (χ0v) is 16.2. The van der Waals surface area contributed by atoms with Gasteiger partial charge in [-0.3, -0.25) is 14.5 Å². The summed E-state index contributed by atoms with van der Waals surface area (Å²) in [6.07, 6.45) is -2.03. The quantitative estimate of drug-likeness (QED) is 0.769. The van der Waals surface area contributed by atoms with Gasteiger partial charge in [0.25, 0.3) is 15.9 Å². The molecule has 1 aromatic heterocycles. The smallest absolute Gasteiger partial charge is 0.346 e. The van der Waals surface area contributed by atoms with Gasteiger partial charge in [0.05, 0.1) is 21.6 Å². The van der Waals surface area contributed by atoms with Crippen molar-refractivity contribution >= 4 is 21.6 Å². The number of aryl methyl sites for hydroxylation is 1. The second kappa shape index (κ2) is 6.19. The highest BCUT2D eigenvalue weighted by molar-refractivity contribution is 7.92. The molecular formula is C19H18F3N3O3S. The van der Waals surface area contributed by atoms with Gasteiger partial charge in [-0.2, -0.15) is 13.2 Å². The molecule has 3 saturated carbocycles. The number of aromatic nitrogens is 1. The number of nitrogens with one attached hydrogen (secondary N) is 2. The fraction of sp³-hybridized carbons (Fsp3) is 0.368. The Morgan fingerprint density at radius 3 is 2.31 bits per heavy atom. The van der Waals surface area contributed by atoms with Gasteiger partial charge in [0, 0.05) is 17.9 Å². The normalized spacial score (nSPS) is 25.5. The number of carbonyl (C=O) groups is 1. The summed E-state index contributed by atoms with van der Waals surface area (Å²) in [5.41, 5.74) is -1.70. The van der Waals surface area contributed by atoms with E-state index in [0.29, 0.717) is 0 Å². The average Bonchev–Trinajstić information content (AvgIpc) is 2.56. The van der Waals surface area contributed by atoms with E-state index in [4.69, 9.17) is 0 Å². The molecule has 0 aliphatic heterocycles. The van der Waals surface area contributed by atoms with Crippen molar-refractivity contribution in [3.05, 3.63) is 53.9 Å². The molecule has 29 heavy (non-hydrogen) atoms. The molecule has 3 fully saturated rings. The lowest BCUT2D eigenvalue weighted by atomic mass is 9.39. The van der Waals surface area contributed by atoms with Crippen molar-refractivity contribution in [1.82, 2.24) is 10.3 Å². The zero-order valence-electron chi connectivity index (χ0n) is 15.4. The summed E-state index contributed by atoms with van der Waals surface area (Å²) >= 11 is 0. The fourth-order valence-electron chi connectivity index (χ4n) is 4.19. The Morgan fingerprint density at radius 1 is 1.10 bits per heavy atom. The minimum atomic E-state index is -4.27. The molecule has 1 aromatic carbocycles. The first-order valence-corrected chi connectivity index (χ1v) is 10.4. The van der Waals surface area contributed by atoms with E-state index in [2.05, 4.69) is 15.0 Å². The van der Waals surface area contributed by atoms with Crippen LogP contribution in [0.5, 0.6) is 0 Å². The number of hydrogen-bond acceptors (Lipinski definition) is 4. The number of alkyl halides is 3. The van der Waals surface area contributed by atoms with Crippen LogP contribution in [-0.2, 0) is 10.0 Å². The first-order chi connectivity index (χ1) is 13.5. The number of sulfonamides is 1. The lowest BCUT2D eigenvalue weighted by Gasteiger charge is -2.70. The van der Waals surface area contributed by atoms with Gasteiger partial charge in [-0.1, -0.05) is 6.07 Å². The Kier molecular flexibility index (Phi) is 4.20. The Bertz CT molecular complexity index is 1070. The van der Waals surface area contributed by atoms with Crippen molar-refractivity contribution in [3.63, 3.8) is 0 Å². The third-order valence-corrected chi connectivity index (χ3v) is 7.02. The molecule has 1 heterocycles. The number of anilines is 1. The minimum absolute atomic E-state index is 0.0214. The van der Waals surface area contributed by atoms with Crippen LogP contribution in [0.4, 0.5) is 18.9 Å². The summed E-state index contributed by atoms with van der Waals surface area (Å²) in [5.74, 6) is -0.604. The molecule has 0 unspecified atom stereocenters. The molecule has 1 amide bonds. The third kappa shape index (κ3) is 3.25.